The van der Waals surface area contributed by atoms with E-state index >= 15 is 0 Å². The van der Waals surface area contributed by atoms with E-state index in [9.17, 15) is 0 Å². The van der Waals surface area contributed by atoms with E-state index in [0.29, 0.717) is 28.3 Å². The number of pyridine rings is 1. The first-order valence-electron chi connectivity index (χ1n) is 7.38. The number of aromatic nitrogens is 3. The number of hydrogen-bond acceptors (Lipinski definition) is 6. The van der Waals surface area contributed by atoms with Crippen LogP contribution >= 0.6 is 11.6 Å². The molecule has 0 aliphatic carbocycles. The van der Waals surface area contributed by atoms with Crippen LogP contribution in [0, 0.1) is 5.92 Å². The summed E-state index contributed by atoms with van der Waals surface area (Å²) in [6.45, 7) is 4.19. The number of hydrogen-bond donors (Lipinski definition) is 2. The van der Waals surface area contributed by atoms with Gasteiger partial charge in [-0.05, 0) is 30.9 Å². The van der Waals surface area contributed by atoms with Crippen LogP contribution in [0.25, 0.3) is 0 Å². The molecule has 3 heterocycles. The van der Waals surface area contributed by atoms with E-state index in [1.165, 1.54) is 12.7 Å². The number of anilines is 4. The molecule has 7 heteroatoms. The lowest BCUT2D eigenvalue weighted by Crippen LogP contribution is -2.35. The molecule has 22 heavy (non-hydrogen) atoms. The maximum atomic E-state index is 6.26. The van der Waals surface area contributed by atoms with Gasteiger partial charge in [0.05, 0.1) is 5.69 Å². The third kappa shape index (κ3) is 3.06. The lowest BCUT2D eigenvalue weighted by molar-refractivity contribution is 0.445. The van der Waals surface area contributed by atoms with Gasteiger partial charge in [0.15, 0.2) is 16.8 Å². The van der Waals surface area contributed by atoms with Crippen molar-refractivity contribution < 1.29 is 0 Å². The summed E-state index contributed by atoms with van der Waals surface area (Å²) in [6.07, 6.45) is 5.56. The zero-order chi connectivity index (χ0) is 15.5. The van der Waals surface area contributed by atoms with Gasteiger partial charge in [0.2, 0.25) is 0 Å². The van der Waals surface area contributed by atoms with Gasteiger partial charge < -0.3 is 16.0 Å². The summed E-state index contributed by atoms with van der Waals surface area (Å²) < 4.78 is 0. The molecule has 3 rings (SSSR count). The molecule has 116 valence electrons. The van der Waals surface area contributed by atoms with Crippen LogP contribution in [-0.2, 0) is 0 Å². The van der Waals surface area contributed by atoms with Gasteiger partial charge in [-0.1, -0.05) is 18.5 Å². The minimum absolute atomic E-state index is 0.383. The van der Waals surface area contributed by atoms with Crippen molar-refractivity contribution in [3.8, 4) is 0 Å². The molecule has 0 saturated carbocycles. The Morgan fingerprint density at radius 2 is 2.23 bits per heavy atom. The van der Waals surface area contributed by atoms with E-state index in [-0.39, 0.29) is 0 Å². The number of nitrogens with two attached hydrogens (primary N) is 1. The second kappa shape index (κ2) is 6.36. The molecule has 0 radical (unpaired) electrons. The number of halogens is 1. The van der Waals surface area contributed by atoms with E-state index in [1.54, 1.807) is 12.3 Å². The fourth-order valence-corrected chi connectivity index (χ4v) is 2.89. The predicted octanol–water partition coefficient (Wildman–Crippen LogP) is 3.09. The van der Waals surface area contributed by atoms with Crippen LogP contribution in [0.3, 0.4) is 0 Å². The second-order valence-electron chi connectivity index (χ2n) is 5.62. The molecule has 0 amide bonds. The molecular weight excluding hydrogens is 300 g/mol. The molecule has 2 aromatic heterocycles. The summed E-state index contributed by atoms with van der Waals surface area (Å²) in [7, 11) is 0. The van der Waals surface area contributed by atoms with Crippen molar-refractivity contribution in [3.63, 3.8) is 0 Å². The molecule has 3 N–H and O–H groups in total. The molecule has 1 unspecified atom stereocenters. The molecule has 1 fully saturated rings. The predicted molar refractivity (Wildman–Crippen MR) is 89.6 cm³/mol. The Morgan fingerprint density at radius 1 is 1.36 bits per heavy atom. The molecule has 0 spiro atoms. The monoisotopic (exact) mass is 318 g/mol. The highest BCUT2D eigenvalue weighted by atomic mass is 35.5. The molecule has 1 aliphatic rings. The van der Waals surface area contributed by atoms with Crippen molar-refractivity contribution in [2.45, 2.75) is 19.8 Å². The smallest absolute Gasteiger partial charge is 0.159 e. The Labute approximate surface area is 134 Å². The minimum Gasteiger partial charge on any atom is -0.393 e. The molecule has 1 atom stereocenters. The first kappa shape index (κ1) is 14.8. The van der Waals surface area contributed by atoms with E-state index in [1.807, 2.05) is 6.07 Å². The summed E-state index contributed by atoms with van der Waals surface area (Å²) in [5.74, 6) is 1.98. The van der Waals surface area contributed by atoms with Gasteiger partial charge in [0, 0.05) is 19.3 Å². The van der Waals surface area contributed by atoms with Crippen LogP contribution in [-0.4, -0.2) is 28.0 Å². The fourth-order valence-electron chi connectivity index (χ4n) is 2.73. The Hall–Kier alpha value is -2.08. The molecule has 1 saturated heterocycles. The summed E-state index contributed by atoms with van der Waals surface area (Å²) in [5, 5.41) is 3.52. The van der Waals surface area contributed by atoms with Gasteiger partial charge in [-0.2, -0.15) is 0 Å². The summed E-state index contributed by atoms with van der Waals surface area (Å²) in [6, 6.07) is 3.64. The first-order chi connectivity index (χ1) is 10.6. The Kier molecular flexibility index (Phi) is 4.29. The van der Waals surface area contributed by atoms with Gasteiger partial charge >= 0.3 is 0 Å². The standard InChI is InChI=1S/C15H19ClN6/c1-10-4-3-7-22(8-10)15-12(17)14(19-9-20-15)21-11-5-2-6-18-13(11)16/h2,5-6,9-10H,3-4,7-8,17H2,1H3,(H,19,20,21). The lowest BCUT2D eigenvalue weighted by atomic mass is 10.0. The average Bonchev–Trinajstić information content (AvgIpc) is 2.51. The molecule has 1 aliphatic heterocycles. The maximum absolute atomic E-state index is 6.26. The first-order valence-corrected chi connectivity index (χ1v) is 7.76. The number of nitrogens with zero attached hydrogens (tertiary/aromatic N) is 4. The zero-order valence-corrected chi connectivity index (χ0v) is 13.2. The molecule has 0 bridgehead atoms. The van der Waals surface area contributed by atoms with E-state index in [0.717, 1.165) is 25.3 Å². The third-order valence-electron chi connectivity index (χ3n) is 3.83. The highest BCUT2D eigenvalue weighted by molar-refractivity contribution is 6.32. The van der Waals surface area contributed by atoms with E-state index < -0.39 is 0 Å². The number of rotatable bonds is 3. The summed E-state index contributed by atoms with van der Waals surface area (Å²) in [4.78, 5) is 14.9. The van der Waals surface area contributed by atoms with Crippen molar-refractivity contribution in [1.82, 2.24) is 15.0 Å². The quantitative estimate of drug-likeness (QED) is 0.847. The summed E-state index contributed by atoms with van der Waals surface area (Å²) >= 11 is 6.07. The van der Waals surface area contributed by atoms with E-state index in [4.69, 9.17) is 17.3 Å². The Balaban J connectivity index is 1.87. The van der Waals surface area contributed by atoms with Crippen molar-refractivity contribution in [2.24, 2.45) is 5.92 Å². The fraction of sp³-hybridized carbons (Fsp3) is 0.400. The van der Waals surface area contributed by atoms with Crippen molar-refractivity contribution in [1.29, 1.82) is 0 Å². The lowest BCUT2D eigenvalue weighted by Gasteiger charge is -2.32. The molecule has 2 aromatic rings. The highest BCUT2D eigenvalue weighted by Crippen LogP contribution is 2.32. The van der Waals surface area contributed by atoms with Crippen LogP contribution in [0.5, 0.6) is 0 Å². The normalized spacial score (nSPS) is 18.3. The van der Waals surface area contributed by atoms with Crippen LogP contribution in [0.1, 0.15) is 19.8 Å². The van der Waals surface area contributed by atoms with Crippen LogP contribution in [0.4, 0.5) is 23.0 Å². The maximum Gasteiger partial charge on any atom is 0.159 e. The summed E-state index contributed by atoms with van der Waals surface area (Å²) in [5.41, 5.74) is 7.48. The third-order valence-corrected chi connectivity index (χ3v) is 4.13. The minimum atomic E-state index is 0.383. The molecular formula is C15H19ClN6. The van der Waals surface area contributed by atoms with Crippen molar-refractivity contribution in [3.05, 3.63) is 29.8 Å². The number of piperidine rings is 1. The Bertz CT molecular complexity index is 662. The second-order valence-corrected chi connectivity index (χ2v) is 5.98. The topological polar surface area (TPSA) is 80.0 Å². The van der Waals surface area contributed by atoms with Gasteiger partial charge in [-0.25, -0.2) is 15.0 Å². The molecule has 6 nitrogen and oxygen atoms in total. The zero-order valence-electron chi connectivity index (χ0n) is 12.5. The van der Waals surface area contributed by atoms with Gasteiger partial charge in [0.25, 0.3) is 0 Å². The number of nitrogens with one attached hydrogen (secondary N) is 1. The van der Waals surface area contributed by atoms with Crippen molar-refractivity contribution in [2.75, 3.05) is 29.0 Å². The Morgan fingerprint density at radius 3 is 3.00 bits per heavy atom. The van der Waals surface area contributed by atoms with Crippen LogP contribution in [0.2, 0.25) is 5.15 Å². The van der Waals surface area contributed by atoms with Crippen LogP contribution in [0.15, 0.2) is 24.7 Å². The number of nitrogen functional groups attached to an aromatic ring is 1. The van der Waals surface area contributed by atoms with Crippen LogP contribution < -0.4 is 16.0 Å². The molecule has 0 aromatic carbocycles. The van der Waals surface area contributed by atoms with E-state index in [2.05, 4.69) is 32.1 Å². The van der Waals surface area contributed by atoms with Gasteiger partial charge in [0.1, 0.15) is 12.0 Å². The average molecular weight is 319 g/mol. The largest absolute Gasteiger partial charge is 0.393 e. The van der Waals surface area contributed by atoms with Gasteiger partial charge in [-0.3, -0.25) is 0 Å². The van der Waals surface area contributed by atoms with Crippen molar-refractivity contribution >= 4 is 34.6 Å². The van der Waals surface area contributed by atoms with Gasteiger partial charge in [-0.15, -0.1) is 0 Å². The SMILES string of the molecule is CC1CCCN(c2ncnc(Nc3cccnc3Cl)c2N)C1. The highest BCUT2D eigenvalue weighted by Gasteiger charge is 2.21.